The average Bonchev–Trinajstić information content (AvgIpc) is 2.76. The number of carbonyl (C=O) groups is 2. The van der Waals surface area contributed by atoms with Crippen molar-refractivity contribution < 1.29 is 27.7 Å². The molecule has 0 aromatic heterocycles. The molecule has 0 unspecified atom stereocenters. The third-order valence-electron chi connectivity index (χ3n) is 5.30. The molecule has 0 spiro atoms. The Morgan fingerprint density at radius 1 is 1.06 bits per heavy atom. The molecule has 11 heteroatoms. The second kappa shape index (κ2) is 9.88. The number of anilines is 1. The predicted molar refractivity (Wildman–Crippen MR) is 119 cm³/mol. The molecule has 0 radical (unpaired) electrons. The van der Waals surface area contributed by atoms with Crippen molar-refractivity contribution in [3.8, 4) is 0 Å². The van der Waals surface area contributed by atoms with Crippen molar-refractivity contribution in [2.45, 2.75) is 32.6 Å². The summed E-state index contributed by atoms with van der Waals surface area (Å²) in [4.78, 5) is 34.5. The van der Waals surface area contributed by atoms with Gasteiger partial charge in [-0.3, -0.25) is 19.7 Å². The molecule has 172 valence electrons. The molecule has 0 aliphatic rings. The van der Waals surface area contributed by atoms with Gasteiger partial charge in [-0.25, -0.2) is 8.42 Å². The molecule has 2 aromatic carbocycles. The summed E-state index contributed by atoms with van der Waals surface area (Å²) in [6.45, 7) is 6.28. The number of ether oxygens (including phenoxy) is 1. The van der Waals surface area contributed by atoms with Crippen LogP contribution in [0.1, 0.15) is 32.6 Å². The molecule has 0 fully saturated rings. The normalized spacial score (nSPS) is 11.2. The fraction of sp³-hybridized carbons (Fsp3) is 0.333. The minimum absolute atomic E-state index is 0.142. The van der Waals surface area contributed by atoms with Crippen molar-refractivity contribution in [3.63, 3.8) is 0 Å². The number of rotatable bonds is 9. The zero-order chi connectivity index (χ0) is 24.2. The molecule has 2 rings (SSSR count). The van der Waals surface area contributed by atoms with E-state index < -0.39 is 45.5 Å². The summed E-state index contributed by atoms with van der Waals surface area (Å²) in [6, 6.07) is 5.03. The van der Waals surface area contributed by atoms with Gasteiger partial charge in [0.05, 0.1) is 9.82 Å². The van der Waals surface area contributed by atoms with E-state index in [9.17, 15) is 28.1 Å². The summed E-state index contributed by atoms with van der Waals surface area (Å²) in [5.41, 5.74) is 3.94. The van der Waals surface area contributed by atoms with Crippen molar-refractivity contribution in [1.82, 2.24) is 4.72 Å². The first-order valence-electron chi connectivity index (χ1n) is 9.61. The smallest absolute Gasteiger partial charge is 0.321 e. The SMILES string of the molecule is CNc1ccc(S(=O)(=O)NCC(=O)OCC(=O)c2cc(C)c(C)c(C)c2C)cc1[N+](=O)[O-]. The third kappa shape index (κ3) is 5.48. The van der Waals surface area contributed by atoms with E-state index in [1.807, 2.05) is 32.4 Å². The molecule has 2 aromatic rings. The highest BCUT2D eigenvalue weighted by Gasteiger charge is 2.22. The average molecular weight is 464 g/mol. The van der Waals surface area contributed by atoms with Gasteiger partial charge in [0.15, 0.2) is 6.61 Å². The molecule has 0 saturated heterocycles. The van der Waals surface area contributed by atoms with E-state index >= 15 is 0 Å². The molecule has 32 heavy (non-hydrogen) atoms. The van der Waals surface area contributed by atoms with Crippen molar-refractivity contribution in [3.05, 3.63) is 62.2 Å². The highest BCUT2D eigenvalue weighted by Crippen LogP contribution is 2.27. The van der Waals surface area contributed by atoms with Crippen LogP contribution in [0.3, 0.4) is 0 Å². The highest BCUT2D eigenvalue weighted by molar-refractivity contribution is 7.89. The van der Waals surface area contributed by atoms with Crippen LogP contribution < -0.4 is 10.0 Å². The number of nitro benzene ring substituents is 1. The molecule has 0 bridgehead atoms. The number of nitro groups is 1. The van der Waals surface area contributed by atoms with Gasteiger partial charge in [0.1, 0.15) is 12.2 Å². The number of aryl methyl sites for hydroxylation is 1. The van der Waals surface area contributed by atoms with Gasteiger partial charge < -0.3 is 10.1 Å². The Morgan fingerprint density at radius 2 is 1.72 bits per heavy atom. The van der Waals surface area contributed by atoms with Crippen molar-refractivity contribution in [2.24, 2.45) is 0 Å². The van der Waals surface area contributed by atoms with E-state index in [-0.39, 0.29) is 10.6 Å². The number of esters is 1. The van der Waals surface area contributed by atoms with E-state index in [4.69, 9.17) is 4.74 Å². The van der Waals surface area contributed by atoms with Gasteiger partial charge in [0, 0.05) is 18.7 Å². The summed E-state index contributed by atoms with van der Waals surface area (Å²) in [5, 5.41) is 13.7. The Morgan fingerprint density at radius 3 is 2.31 bits per heavy atom. The number of Topliss-reactive ketones (excluding diaryl/α,β-unsaturated/α-hetero) is 1. The van der Waals surface area contributed by atoms with E-state index in [2.05, 4.69) is 5.32 Å². The van der Waals surface area contributed by atoms with Crippen LogP contribution in [0.2, 0.25) is 0 Å². The lowest BCUT2D eigenvalue weighted by molar-refractivity contribution is -0.384. The topological polar surface area (TPSA) is 145 Å². The van der Waals surface area contributed by atoms with Crippen LogP contribution in [0, 0.1) is 37.8 Å². The number of nitrogens with one attached hydrogen (secondary N) is 2. The summed E-state index contributed by atoms with van der Waals surface area (Å²) in [7, 11) is -2.75. The van der Waals surface area contributed by atoms with Crippen LogP contribution >= 0.6 is 0 Å². The molecule has 0 heterocycles. The van der Waals surface area contributed by atoms with Crippen molar-refractivity contribution in [2.75, 3.05) is 25.5 Å². The monoisotopic (exact) mass is 463 g/mol. The first kappa shape index (κ1) is 25.0. The fourth-order valence-corrected chi connectivity index (χ4v) is 4.04. The van der Waals surface area contributed by atoms with Gasteiger partial charge in [-0.2, -0.15) is 4.72 Å². The lowest BCUT2D eigenvalue weighted by Crippen LogP contribution is -2.31. The number of hydrogen-bond donors (Lipinski definition) is 2. The van der Waals surface area contributed by atoms with Gasteiger partial charge in [0.2, 0.25) is 15.8 Å². The van der Waals surface area contributed by atoms with Crippen molar-refractivity contribution in [1.29, 1.82) is 0 Å². The highest BCUT2D eigenvalue weighted by atomic mass is 32.2. The Bertz CT molecular complexity index is 1190. The zero-order valence-corrected chi connectivity index (χ0v) is 19.3. The minimum atomic E-state index is -4.22. The largest absolute Gasteiger partial charge is 0.456 e. The maximum atomic E-state index is 12.5. The van der Waals surface area contributed by atoms with Crippen LogP contribution in [0.15, 0.2) is 29.2 Å². The number of hydrogen-bond acceptors (Lipinski definition) is 8. The summed E-state index contributed by atoms with van der Waals surface area (Å²) in [5.74, 6) is -1.36. The Balaban J connectivity index is 2.03. The molecule has 10 nitrogen and oxygen atoms in total. The lowest BCUT2D eigenvalue weighted by Gasteiger charge is -2.13. The van der Waals surface area contributed by atoms with Gasteiger partial charge in [-0.1, -0.05) is 0 Å². The predicted octanol–water partition coefficient (Wildman–Crippen LogP) is 2.57. The zero-order valence-electron chi connectivity index (χ0n) is 18.4. The van der Waals surface area contributed by atoms with Gasteiger partial charge >= 0.3 is 5.97 Å². The maximum absolute atomic E-state index is 12.5. The van der Waals surface area contributed by atoms with E-state index in [0.29, 0.717) is 5.56 Å². The fourth-order valence-electron chi connectivity index (χ4n) is 3.05. The minimum Gasteiger partial charge on any atom is -0.456 e. The molecule has 0 aliphatic carbocycles. The first-order chi connectivity index (χ1) is 14.9. The molecule has 0 atom stereocenters. The number of ketones is 1. The number of carbonyl (C=O) groups excluding carboxylic acids is 2. The Hall–Kier alpha value is -3.31. The second-order valence-electron chi connectivity index (χ2n) is 7.21. The summed E-state index contributed by atoms with van der Waals surface area (Å²) >= 11 is 0. The molecule has 0 amide bonds. The van der Waals surface area contributed by atoms with Crippen LogP contribution in [0.4, 0.5) is 11.4 Å². The van der Waals surface area contributed by atoms with Crippen LogP contribution in [0.5, 0.6) is 0 Å². The Labute approximate surface area is 186 Å². The van der Waals surface area contributed by atoms with Crippen molar-refractivity contribution >= 4 is 33.2 Å². The quantitative estimate of drug-likeness (QED) is 0.250. The van der Waals surface area contributed by atoms with Crippen LogP contribution in [-0.2, 0) is 19.6 Å². The summed E-state index contributed by atoms with van der Waals surface area (Å²) < 4.78 is 31.7. The number of nitrogens with zero attached hydrogens (tertiary/aromatic N) is 1. The third-order valence-corrected chi connectivity index (χ3v) is 6.70. The van der Waals surface area contributed by atoms with Crippen LogP contribution in [0.25, 0.3) is 0 Å². The first-order valence-corrected chi connectivity index (χ1v) is 11.1. The van der Waals surface area contributed by atoms with Crippen LogP contribution in [-0.4, -0.2) is 45.3 Å². The van der Waals surface area contributed by atoms with E-state index in [1.165, 1.54) is 19.2 Å². The molecule has 0 aliphatic heterocycles. The summed E-state index contributed by atoms with van der Waals surface area (Å²) in [6.07, 6.45) is 0. The Kier molecular flexibility index (Phi) is 7.70. The molecule has 0 saturated carbocycles. The number of sulfonamides is 1. The van der Waals surface area contributed by atoms with E-state index in [1.54, 1.807) is 6.07 Å². The van der Waals surface area contributed by atoms with Gasteiger partial charge in [-0.15, -0.1) is 0 Å². The van der Waals surface area contributed by atoms with Gasteiger partial charge in [0.25, 0.3) is 5.69 Å². The molecule has 2 N–H and O–H groups in total. The standard InChI is InChI=1S/C21H25N3O7S/c1-12-8-17(15(4)14(3)13(12)2)20(25)11-31-21(26)10-23-32(29,30)16-6-7-18(22-5)19(9-16)24(27)28/h6-9,22-23H,10-11H2,1-5H3. The molecular formula is C21H25N3O7S. The molecular weight excluding hydrogens is 438 g/mol. The van der Waals surface area contributed by atoms with Gasteiger partial charge in [-0.05, 0) is 68.1 Å². The second-order valence-corrected chi connectivity index (χ2v) is 8.98. The maximum Gasteiger partial charge on any atom is 0.321 e. The van der Waals surface area contributed by atoms with E-state index in [0.717, 1.165) is 28.3 Å². The number of benzene rings is 2. The lowest BCUT2D eigenvalue weighted by atomic mass is 9.93.